The smallest absolute Gasteiger partial charge is 0.416 e. The van der Waals surface area contributed by atoms with E-state index in [-0.39, 0.29) is 13.2 Å². The molecule has 0 saturated carbocycles. The van der Waals surface area contributed by atoms with E-state index in [1.807, 2.05) is 0 Å². The fraction of sp³-hybridized carbons (Fsp3) is 0.368. The van der Waals surface area contributed by atoms with Gasteiger partial charge in [-0.1, -0.05) is 5.92 Å². The van der Waals surface area contributed by atoms with E-state index in [1.165, 1.54) is 12.1 Å². The summed E-state index contributed by atoms with van der Waals surface area (Å²) < 4.78 is 48.2. The summed E-state index contributed by atoms with van der Waals surface area (Å²) in [6.07, 6.45) is -3.22. The average molecular weight is 367 g/mol. The van der Waals surface area contributed by atoms with Crippen molar-refractivity contribution in [1.82, 2.24) is 0 Å². The summed E-state index contributed by atoms with van der Waals surface area (Å²) >= 11 is 0. The fourth-order valence-electron chi connectivity index (χ4n) is 2.05. The number of halogens is 3. The lowest BCUT2D eigenvalue weighted by Gasteiger charge is -2.20. The van der Waals surface area contributed by atoms with Crippen molar-refractivity contribution in [3.05, 3.63) is 53.5 Å². The number of alkyl halides is 3. The molecule has 0 fully saturated rings. The van der Waals surface area contributed by atoms with Gasteiger partial charge in [-0.25, -0.2) is 0 Å². The van der Waals surface area contributed by atoms with E-state index in [1.54, 1.807) is 19.1 Å². The van der Waals surface area contributed by atoms with Crippen molar-refractivity contribution < 1.29 is 27.4 Å². The van der Waals surface area contributed by atoms with Gasteiger partial charge in [-0.3, -0.25) is 0 Å². The second-order valence-corrected chi connectivity index (χ2v) is 6.19. The van der Waals surface area contributed by atoms with Crippen LogP contribution in [0.25, 0.3) is 0 Å². The Kier molecular flexibility index (Phi) is 6.35. The number of benzene rings is 1. The largest absolute Gasteiger partial charge is 0.481 e. The number of hydrogen-bond acceptors (Lipinski definition) is 4. The quantitative estimate of drug-likeness (QED) is 0.768. The van der Waals surface area contributed by atoms with E-state index in [2.05, 4.69) is 11.8 Å². The van der Waals surface area contributed by atoms with Crippen LogP contribution in [0.2, 0.25) is 0 Å². The molecule has 0 amide bonds. The van der Waals surface area contributed by atoms with Gasteiger partial charge in [-0.05, 0) is 55.7 Å². The van der Waals surface area contributed by atoms with E-state index in [4.69, 9.17) is 20.0 Å². The zero-order valence-corrected chi connectivity index (χ0v) is 14.3. The van der Waals surface area contributed by atoms with Crippen molar-refractivity contribution in [3.63, 3.8) is 0 Å². The molecule has 140 valence electrons. The van der Waals surface area contributed by atoms with Crippen LogP contribution in [-0.2, 0) is 12.6 Å². The Morgan fingerprint density at radius 3 is 2.46 bits per heavy atom. The van der Waals surface area contributed by atoms with Crippen molar-refractivity contribution in [2.24, 2.45) is 5.73 Å². The molecule has 1 atom stereocenters. The molecule has 4 nitrogen and oxygen atoms in total. The number of nitrogens with two attached hydrogens (primary N) is 1. The highest BCUT2D eigenvalue weighted by atomic mass is 19.4. The van der Waals surface area contributed by atoms with Gasteiger partial charge < -0.3 is 20.0 Å². The monoisotopic (exact) mass is 367 g/mol. The Labute approximate surface area is 149 Å². The van der Waals surface area contributed by atoms with Crippen LogP contribution in [0.3, 0.4) is 0 Å². The van der Waals surface area contributed by atoms with Crippen molar-refractivity contribution in [1.29, 1.82) is 0 Å². The lowest BCUT2D eigenvalue weighted by Crippen LogP contribution is -2.40. The standard InChI is InChI=1S/C19H20F3NO3/c1-18(23,13-24)11-10-17-9-8-16(26-17)3-2-12-25-15-6-4-14(5-7-15)19(20,21)22/h4-9,24H,10-13,23H2,1H3. The fourth-order valence-corrected chi connectivity index (χ4v) is 2.05. The van der Waals surface area contributed by atoms with Gasteiger partial charge in [0.15, 0.2) is 5.76 Å². The summed E-state index contributed by atoms with van der Waals surface area (Å²) in [5.74, 6) is 6.99. The molecule has 1 aromatic carbocycles. The van der Waals surface area contributed by atoms with Crippen molar-refractivity contribution >= 4 is 0 Å². The lowest BCUT2D eigenvalue weighted by molar-refractivity contribution is -0.137. The molecule has 1 unspecified atom stereocenters. The normalized spacial score (nSPS) is 13.6. The number of aliphatic hydroxyl groups is 1. The zero-order valence-electron chi connectivity index (χ0n) is 14.3. The van der Waals surface area contributed by atoms with Gasteiger partial charge in [0.05, 0.1) is 12.2 Å². The highest BCUT2D eigenvalue weighted by molar-refractivity contribution is 5.30. The van der Waals surface area contributed by atoms with Crippen LogP contribution in [-0.4, -0.2) is 23.9 Å². The van der Waals surface area contributed by atoms with Crippen LogP contribution in [0.15, 0.2) is 40.8 Å². The number of aryl methyl sites for hydroxylation is 1. The molecule has 2 rings (SSSR count). The van der Waals surface area contributed by atoms with Crippen LogP contribution in [0.5, 0.6) is 5.75 Å². The Morgan fingerprint density at radius 2 is 1.85 bits per heavy atom. The minimum atomic E-state index is -4.37. The van der Waals surface area contributed by atoms with Crippen LogP contribution >= 0.6 is 0 Å². The third kappa shape index (κ3) is 6.14. The molecule has 0 radical (unpaired) electrons. The predicted octanol–water partition coefficient (Wildman–Crippen LogP) is 3.37. The van der Waals surface area contributed by atoms with Gasteiger partial charge in [-0.15, -0.1) is 0 Å². The third-order valence-electron chi connectivity index (χ3n) is 3.67. The summed E-state index contributed by atoms with van der Waals surface area (Å²) in [4.78, 5) is 0. The van der Waals surface area contributed by atoms with Crippen molar-refractivity contribution in [2.75, 3.05) is 13.2 Å². The van der Waals surface area contributed by atoms with Crippen LogP contribution in [0.4, 0.5) is 13.2 Å². The topological polar surface area (TPSA) is 68.6 Å². The molecular formula is C19H20F3NO3. The summed E-state index contributed by atoms with van der Waals surface area (Å²) in [5, 5.41) is 9.12. The predicted molar refractivity (Wildman–Crippen MR) is 90.5 cm³/mol. The van der Waals surface area contributed by atoms with Crippen LogP contribution < -0.4 is 10.5 Å². The van der Waals surface area contributed by atoms with Gasteiger partial charge >= 0.3 is 6.18 Å². The van der Waals surface area contributed by atoms with Gasteiger partial charge in [0.2, 0.25) is 0 Å². The summed E-state index contributed by atoms with van der Waals surface area (Å²) in [5.41, 5.74) is 4.47. The first kappa shape index (κ1) is 19.9. The number of furan rings is 1. The highest BCUT2D eigenvalue weighted by Gasteiger charge is 2.29. The molecule has 1 heterocycles. The van der Waals surface area contributed by atoms with Crippen molar-refractivity contribution in [2.45, 2.75) is 31.5 Å². The van der Waals surface area contributed by atoms with Crippen molar-refractivity contribution in [3.8, 4) is 17.6 Å². The Hall–Kier alpha value is -2.43. The first-order chi connectivity index (χ1) is 12.2. The third-order valence-corrected chi connectivity index (χ3v) is 3.67. The molecule has 0 bridgehead atoms. The maximum Gasteiger partial charge on any atom is 0.416 e. The number of hydrogen-bond donors (Lipinski definition) is 2. The molecule has 0 aliphatic heterocycles. The molecule has 1 aromatic heterocycles. The molecule has 3 N–H and O–H groups in total. The van der Waals surface area contributed by atoms with E-state index in [0.29, 0.717) is 30.1 Å². The zero-order chi connectivity index (χ0) is 19.2. The molecule has 0 aliphatic rings. The first-order valence-electron chi connectivity index (χ1n) is 7.97. The van der Waals surface area contributed by atoms with Gasteiger partial charge in [0.25, 0.3) is 0 Å². The maximum absolute atomic E-state index is 12.5. The van der Waals surface area contributed by atoms with E-state index >= 15 is 0 Å². The molecular weight excluding hydrogens is 347 g/mol. The van der Waals surface area contributed by atoms with Crippen LogP contribution in [0.1, 0.15) is 30.4 Å². The van der Waals surface area contributed by atoms with Gasteiger partial charge in [-0.2, -0.15) is 13.2 Å². The van der Waals surface area contributed by atoms with Gasteiger partial charge in [0.1, 0.15) is 18.1 Å². The summed E-state index contributed by atoms with van der Waals surface area (Å²) in [6.45, 7) is 1.67. The van der Waals surface area contributed by atoms with Crippen LogP contribution in [0, 0.1) is 11.8 Å². The molecule has 7 heteroatoms. The Morgan fingerprint density at radius 1 is 1.15 bits per heavy atom. The van der Waals surface area contributed by atoms with E-state index in [0.717, 1.165) is 12.1 Å². The average Bonchev–Trinajstić information content (AvgIpc) is 3.05. The number of ether oxygens (including phenoxy) is 1. The Bertz CT molecular complexity index is 768. The minimum absolute atomic E-state index is 0.0206. The number of aliphatic hydroxyl groups excluding tert-OH is 1. The summed E-state index contributed by atoms with van der Waals surface area (Å²) in [7, 11) is 0. The van der Waals surface area contributed by atoms with E-state index < -0.39 is 17.3 Å². The molecule has 26 heavy (non-hydrogen) atoms. The first-order valence-corrected chi connectivity index (χ1v) is 7.97. The maximum atomic E-state index is 12.5. The highest BCUT2D eigenvalue weighted by Crippen LogP contribution is 2.30. The van der Waals surface area contributed by atoms with E-state index in [9.17, 15) is 13.2 Å². The minimum Gasteiger partial charge on any atom is -0.481 e. The molecule has 0 spiro atoms. The van der Waals surface area contributed by atoms with Gasteiger partial charge in [0, 0.05) is 12.0 Å². The Balaban J connectivity index is 1.83. The SMILES string of the molecule is CC(N)(CO)CCc1ccc(C#CCOc2ccc(C(F)(F)F)cc2)o1. The molecule has 0 saturated heterocycles. The molecule has 2 aromatic rings. The second kappa shape index (κ2) is 8.30. The lowest BCUT2D eigenvalue weighted by atomic mass is 9.98. The number of rotatable bonds is 6. The second-order valence-electron chi connectivity index (χ2n) is 6.19. The summed E-state index contributed by atoms with van der Waals surface area (Å²) in [6, 6.07) is 7.92. The molecule has 0 aliphatic carbocycles.